The lowest BCUT2D eigenvalue weighted by atomic mass is 10.0. The predicted octanol–water partition coefficient (Wildman–Crippen LogP) is 0.729. The van der Waals surface area contributed by atoms with Crippen molar-refractivity contribution in [2.45, 2.75) is 51.6 Å². The number of hydrogen-bond acceptors (Lipinski definition) is 3. The molecule has 0 saturated heterocycles. The van der Waals surface area contributed by atoms with Gasteiger partial charge in [-0.3, -0.25) is 9.59 Å². The topological polar surface area (TPSA) is 92.4 Å². The normalized spacial score (nSPS) is 25.9. The lowest BCUT2D eigenvalue weighted by Gasteiger charge is -2.18. The van der Waals surface area contributed by atoms with E-state index in [1.807, 2.05) is 13.8 Å². The fourth-order valence-corrected chi connectivity index (χ4v) is 2.26. The first-order valence-electron chi connectivity index (χ1n) is 6.19. The second-order valence-electron chi connectivity index (χ2n) is 5.29. The SMILES string of the molecule is CC(C)C[C@@H](N)C(=O)NC1CCC(C(=O)O)C1. The van der Waals surface area contributed by atoms with Gasteiger partial charge in [-0.25, -0.2) is 0 Å². The molecule has 2 unspecified atom stereocenters. The average molecular weight is 242 g/mol. The molecular formula is C12H22N2O3. The first-order valence-corrected chi connectivity index (χ1v) is 6.19. The molecule has 0 heterocycles. The second kappa shape index (κ2) is 6.00. The number of rotatable bonds is 5. The third-order valence-corrected chi connectivity index (χ3v) is 3.19. The van der Waals surface area contributed by atoms with Crippen LogP contribution in [-0.2, 0) is 9.59 Å². The van der Waals surface area contributed by atoms with E-state index in [4.69, 9.17) is 10.8 Å². The molecule has 0 spiro atoms. The van der Waals surface area contributed by atoms with Crippen molar-refractivity contribution in [1.82, 2.24) is 5.32 Å². The number of carboxylic acids is 1. The summed E-state index contributed by atoms with van der Waals surface area (Å²) in [5.41, 5.74) is 5.76. The van der Waals surface area contributed by atoms with Crippen LogP contribution in [0.25, 0.3) is 0 Å². The number of carboxylic acid groups (broad SMARTS) is 1. The van der Waals surface area contributed by atoms with Gasteiger partial charge in [-0.15, -0.1) is 0 Å². The number of nitrogens with two attached hydrogens (primary N) is 1. The van der Waals surface area contributed by atoms with E-state index >= 15 is 0 Å². The molecule has 98 valence electrons. The van der Waals surface area contributed by atoms with E-state index in [0.29, 0.717) is 25.2 Å². The van der Waals surface area contributed by atoms with E-state index in [2.05, 4.69) is 5.32 Å². The molecule has 1 aliphatic rings. The fraction of sp³-hybridized carbons (Fsp3) is 0.833. The molecule has 1 amide bonds. The fourth-order valence-electron chi connectivity index (χ4n) is 2.26. The molecule has 5 heteroatoms. The Morgan fingerprint density at radius 3 is 2.53 bits per heavy atom. The first kappa shape index (κ1) is 14.0. The van der Waals surface area contributed by atoms with Crippen molar-refractivity contribution in [3.8, 4) is 0 Å². The Balaban J connectivity index is 2.35. The number of carbonyl (C=O) groups is 2. The van der Waals surface area contributed by atoms with Gasteiger partial charge in [0.1, 0.15) is 0 Å². The first-order chi connectivity index (χ1) is 7.90. The van der Waals surface area contributed by atoms with Crippen LogP contribution in [0, 0.1) is 11.8 Å². The highest BCUT2D eigenvalue weighted by Gasteiger charge is 2.31. The Labute approximate surface area is 102 Å². The van der Waals surface area contributed by atoms with Gasteiger partial charge in [-0.2, -0.15) is 0 Å². The van der Waals surface area contributed by atoms with Crippen LogP contribution in [0.4, 0.5) is 0 Å². The Morgan fingerprint density at radius 1 is 1.41 bits per heavy atom. The van der Waals surface area contributed by atoms with E-state index in [-0.39, 0.29) is 17.9 Å². The molecule has 1 saturated carbocycles. The van der Waals surface area contributed by atoms with Gasteiger partial charge in [-0.05, 0) is 31.6 Å². The van der Waals surface area contributed by atoms with Gasteiger partial charge >= 0.3 is 5.97 Å². The molecule has 0 aromatic rings. The molecule has 1 rings (SSSR count). The minimum Gasteiger partial charge on any atom is -0.481 e. The molecule has 17 heavy (non-hydrogen) atoms. The summed E-state index contributed by atoms with van der Waals surface area (Å²) < 4.78 is 0. The predicted molar refractivity (Wildman–Crippen MR) is 64.3 cm³/mol. The van der Waals surface area contributed by atoms with Gasteiger partial charge in [0.25, 0.3) is 0 Å². The summed E-state index contributed by atoms with van der Waals surface area (Å²) in [4.78, 5) is 22.5. The van der Waals surface area contributed by atoms with Gasteiger partial charge in [0, 0.05) is 6.04 Å². The molecule has 3 atom stereocenters. The van der Waals surface area contributed by atoms with Crippen LogP contribution in [0.15, 0.2) is 0 Å². The smallest absolute Gasteiger partial charge is 0.306 e. The minimum absolute atomic E-state index is 0.0261. The number of nitrogens with one attached hydrogen (secondary N) is 1. The second-order valence-corrected chi connectivity index (χ2v) is 5.29. The summed E-state index contributed by atoms with van der Waals surface area (Å²) in [5.74, 6) is -0.865. The highest BCUT2D eigenvalue weighted by atomic mass is 16.4. The molecular weight excluding hydrogens is 220 g/mol. The lowest BCUT2D eigenvalue weighted by molar-refractivity contribution is -0.141. The standard InChI is InChI=1S/C12H22N2O3/c1-7(2)5-10(13)11(15)14-9-4-3-8(6-9)12(16)17/h7-10H,3-6,13H2,1-2H3,(H,14,15)(H,16,17)/t8?,9?,10-/m1/s1. The van der Waals surface area contributed by atoms with Gasteiger partial charge in [-0.1, -0.05) is 13.8 Å². The molecule has 0 aromatic heterocycles. The molecule has 0 radical (unpaired) electrons. The summed E-state index contributed by atoms with van der Waals surface area (Å²) in [5, 5.41) is 11.7. The van der Waals surface area contributed by atoms with Crippen LogP contribution in [-0.4, -0.2) is 29.1 Å². The van der Waals surface area contributed by atoms with Crippen LogP contribution in [0.1, 0.15) is 39.5 Å². The van der Waals surface area contributed by atoms with Crippen molar-refractivity contribution < 1.29 is 14.7 Å². The van der Waals surface area contributed by atoms with Gasteiger partial charge in [0.2, 0.25) is 5.91 Å². The zero-order chi connectivity index (χ0) is 13.0. The van der Waals surface area contributed by atoms with Crippen LogP contribution in [0.2, 0.25) is 0 Å². The van der Waals surface area contributed by atoms with Crippen LogP contribution < -0.4 is 11.1 Å². The quantitative estimate of drug-likeness (QED) is 0.662. The third-order valence-electron chi connectivity index (χ3n) is 3.19. The lowest BCUT2D eigenvalue weighted by Crippen LogP contribution is -2.45. The molecule has 1 fully saturated rings. The minimum atomic E-state index is -0.770. The number of aliphatic carboxylic acids is 1. The molecule has 0 aromatic carbocycles. The molecule has 4 N–H and O–H groups in total. The summed E-state index contributed by atoms with van der Waals surface area (Å²) >= 11 is 0. The molecule has 5 nitrogen and oxygen atoms in total. The van der Waals surface area contributed by atoms with Crippen molar-refractivity contribution in [1.29, 1.82) is 0 Å². The molecule has 1 aliphatic carbocycles. The van der Waals surface area contributed by atoms with Crippen LogP contribution in [0.3, 0.4) is 0 Å². The Kier molecular flexibility index (Phi) is 4.93. The highest BCUT2D eigenvalue weighted by Crippen LogP contribution is 2.25. The largest absolute Gasteiger partial charge is 0.481 e. The van der Waals surface area contributed by atoms with Crippen LogP contribution >= 0.6 is 0 Å². The summed E-state index contributed by atoms with van der Waals surface area (Å²) in [6.07, 6.45) is 2.55. The molecule has 0 bridgehead atoms. The van der Waals surface area contributed by atoms with E-state index < -0.39 is 12.0 Å². The zero-order valence-electron chi connectivity index (χ0n) is 10.5. The maximum atomic E-state index is 11.7. The maximum absolute atomic E-state index is 11.7. The zero-order valence-corrected chi connectivity index (χ0v) is 10.5. The Bertz CT molecular complexity index is 291. The van der Waals surface area contributed by atoms with Crippen LogP contribution in [0.5, 0.6) is 0 Å². The number of carbonyl (C=O) groups excluding carboxylic acids is 1. The van der Waals surface area contributed by atoms with E-state index in [1.165, 1.54) is 0 Å². The van der Waals surface area contributed by atoms with E-state index in [1.54, 1.807) is 0 Å². The molecule has 0 aliphatic heterocycles. The highest BCUT2D eigenvalue weighted by molar-refractivity contribution is 5.82. The Hall–Kier alpha value is -1.10. The van der Waals surface area contributed by atoms with Gasteiger partial charge < -0.3 is 16.2 Å². The Morgan fingerprint density at radius 2 is 2.06 bits per heavy atom. The van der Waals surface area contributed by atoms with Gasteiger partial charge in [0.05, 0.1) is 12.0 Å². The summed E-state index contributed by atoms with van der Waals surface area (Å²) in [7, 11) is 0. The average Bonchev–Trinajstić information content (AvgIpc) is 2.65. The monoisotopic (exact) mass is 242 g/mol. The maximum Gasteiger partial charge on any atom is 0.306 e. The van der Waals surface area contributed by atoms with Crippen molar-refractivity contribution in [3.05, 3.63) is 0 Å². The summed E-state index contributed by atoms with van der Waals surface area (Å²) in [6.45, 7) is 4.03. The van der Waals surface area contributed by atoms with Crippen molar-refractivity contribution in [3.63, 3.8) is 0 Å². The van der Waals surface area contributed by atoms with Gasteiger partial charge in [0.15, 0.2) is 0 Å². The van der Waals surface area contributed by atoms with Crippen molar-refractivity contribution in [2.24, 2.45) is 17.6 Å². The number of hydrogen-bond donors (Lipinski definition) is 3. The van der Waals surface area contributed by atoms with Crippen molar-refractivity contribution in [2.75, 3.05) is 0 Å². The third kappa shape index (κ3) is 4.34. The summed E-state index contributed by atoms with van der Waals surface area (Å²) in [6, 6.07) is -0.513. The number of amides is 1. The van der Waals surface area contributed by atoms with Crippen molar-refractivity contribution >= 4 is 11.9 Å². The van der Waals surface area contributed by atoms with E-state index in [0.717, 1.165) is 6.42 Å². The van der Waals surface area contributed by atoms with E-state index in [9.17, 15) is 9.59 Å².